The summed E-state index contributed by atoms with van der Waals surface area (Å²) in [4.78, 5) is 37.5. The van der Waals surface area contributed by atoms with Crippen LogP contribution in [0.2, 0.25) is 0 Å². The number of fused-ring (bicyclic) bond motifs is 1. The highest BCUT2D eigenvalue weighted by atomic mass is 16.5. The predicted octanol–water partition coefficient (Wildman–Crippen LogP) is 2.63. The highest BCUT2D eigenvalue weighted by molar-refractivity contribution is 5.97. The number of benzene rings is 2. The van der Waals surface area contributed by atoms with Crippen LogP contribution in [0.5, 0.6) is 0 Å². The van der Waals surface area contributed by atoms with Gasteiger partial charge in [0.15, 0.2) is 6.61 Å². The minimum atomic E-state index is -0.523. The van der Waals surface area contributed by atoms with Gasteiger partial charge in [0.25, 0.3) is 5.91 Å². The third kappa shape index (κ3) is 4.97. The van der Waals surface area contributed by atoms with Crippen molar-refractivity contribution in [3.05, 3.63) is 65.2 Å². The molecule has 0 spiro atoms. The van der Waals surface area contributed by atoms with E-state index in [1.54, 1.807) is 30.3 Å². The maximum absolute atomic E-state index is 12.6. The summed E-state index contributed by atoms with van der Waals surface area (Å²) in [6.07, 6.45) is 4.32. The average molecular weight is 380 g/mol. The third-order valence-electron chi connectivity index (χ3n) is 4.86. The van der Waals surface area contributed by atoms with Crippen LogP contribution in [0.1, 0.15) is 40.7 Å². The van der Waals surface area contributed by atoms with Gasteiger partial charge in [0.1, 0.15) is 0 Å². The van der Waals surface area contributed by atoms with Crippen molar-refractivity contribution in [3.8, 4) is 0 Å². The van der Waals surface area contributed by atoms with E-state index in [-0.39, 0.29) is 13.0 Å². The van der Waals surface area contributed by atoms with Crippen LogP contribution < -0.4 is 10.6 Å². The van der Waals surface area contributed by atoms with E-state index in [2.05, 4.69) is 0 Å². The summed E-state index contributed by atoms with van der Waals surface area (Å²) >= 11 is 0. The summed E-state index contributed by atoms with van der Waals surface area (Å²) in [5.41, 5.74) is 8.75. The Bertz CT molecular complexity index is 864. The number of amides is 2. The van der Waals surface area contributed by atoms with E-state index >= 15 is 0 Å². The summed E-state index contributed by atoms with van der Waals surface area (Å²) in [5, 5.41) is 0. The molecule has 2 amide bonds. The van der Waals surface area contributed by atoms with Gasteiger partial charge in [-0.1, -0.05) is 24.3 Å². The second-order valence-electron chi connectivity index (χ2n) is 6.86. The normalized spacial score (nSPS) is 12.7. The predicted molar refractivity (Wildman–Crippen MR) is 106 cm³/mol. The van der Waals surface area contributed by atoms with E-state index in [0.717, 1.165) is 19.3 Å². The molecule has 2 N–H and O–H groups in total. The molecule has 28 heavy (non-hydrogen) atoms. The summed E-state index contributed by atoms with van der Waals surface area (Å²) in [6.45, 7) is -0.266. The van der Waals surface area contributed by atoms with Crippen molar-refractivity contribution >= 4 is 23.5 Å². The van der Waals surface area contributed by atoms with Gasteiger partial charge in [-0.3, -0.25) is 9.59 Å². The first kappa shape index (κ1) is 19.6. The van der Waals surface area contributed by atoms with Crippen molar-refractivity contribution in [1.29, 1.82) is 0 Å². The number of esters is 1. The lowest BCUT2D eigenvalue weighted by atomic mass is 9.90. The molecule has 0 fully saturated rings. The summed E-state index contributed by atoms with van der Waals surface area (Å²) in [7, 11) is 0. The number of ether oxygens (including phenoxy) is 1. The van der Waals surface area contributed by atoms with Crippen LogP contribution in [0.3, 0.4) is 0 Å². The van der Waals surface area contributed by atoms with Crippen molar-refractivity contribution in [2.75, 3.05) is 18.1 Å². The van der Waals surface area contributed by atoms with Gasteiger partial charge < -0.3 is 15.4 Å². The van der Waals surface area contributed by atoms with E-state index in [4.69, 9.17) is 10.5 Å². The highest BCUT2D eigenvalue weighted by Crippen LogP contribution is 2.22. The van der Waals surface area contributed by atoms with Gasteiger partial charge in [-0.15, -0.1) is 0 Å². The first-order chi connectivity index (χ1) is 13.5. The molecule has 2 aromatic rings. The molecule has 6 heteroatoms. The zero-order chi connectivity index (χ0) is 19.9. The first-order valence-corrected chi connectivity index (χ1v) is 9.47. The molecule has 0 aromatic heterocycles. The number of nitrogens with zero attached hydrogens (tertiary/aromatic N) is 1. The molecule has 0 bridgehead atoms. The fraction of sp³-hybridized carbons (Fsp3) is 0.318. The summed E-state index contributed by atoms with van der Waals surface area (Å²) < 4.78 is 5.24. The molecule has 3 rings (SSSR count). The second-order valence-corrected chi connectivity index (χ2v) is 6.86. The Labute approximate surface area is 164 Å². The minimum absolute atomic E-state index is 0.0272. The van der Waals surface area contributed by atoms with Crippen LogP contribution >= 0.6 is 0 Å². The van der Waals surface area contributed by atoms with E-state index in [1.807, 2.05) is 18.2 Å². The van der Waals surface area contributed by atoms with Gasteiger partial charge in [0, 0.05) is 18.7 Å². The van der Waals surface area contributed by atoms with Crippen LogP contribution in [0, 0.1) is 0 Å². The Morgan fingerprint density at radius 1 is 0.964 bits per heavy atom. The van der Waals surface area contributed by atoms with E-state index in [0.29, 0.717) is 11.3 Å². The number of para-hydroxylation sites is 1. The lowest BCUT2D eigenvalue weighted by Crippen LogP contribution is -2.37. The molecule has 0 heterocycles. The van der Waals surface area contributed by atoms with Crippen LogP contribution in [-0.2, 0) is 27.2 Å². The quantitative estimate of drug-likeness (QED) is 0.748. The van der Waals surface area contributed by atoms with Gasteiger partial charge in [0.2, 0.25) is 5.91 Å². The smallest absolute Gasteiger partial charge is 0.338 e. The van der Waals surface area contributed by atoms with Gasteiger partial charge in [-0.05, 0) is 61.1 Å². The molecule has 0 saturated carbocycles. The number of carbonyl (C=O) groups excluding carboxylic acids is 3. The zero-order valence-electron chi connectivity index (χ0n) is 15.7. The molecule has 0 unspecified atom stereocenters. The van der Waals surface area contributed by atoms with Crippen LogP contribution in [0.25, 0.3) is 0 Å². The zero-order valence-corrected chi connectivity index (χ0v) is 15.7. The number of hydrogen-bond donors (Lipinski definition) is 1. The average Bonchev–Trinajstić information content (AvgIpc) is 2.72. The number of primary amides is 1. The lowest BCUT2D eigenvalue weighted by molar-refractivity contribution is -0.121. The van der Waals surface area contributed by atoms with Crippen molar-refractivity contribution < 1.29 is 19.1 Å². The Morgan fingerprint density at radius 2 is 1.68 bits per heavy atom. The van der Waals surface area contributed by atoms with Crippen molar-refractivity contribution in [1.82, 2.24) is 0 Å². The monoisotopic (exact) mass is 380 g/mol. The Balaban J connectivity index is 1.64. The lowest BCUT2D eigenvalue weighted by Gasteiger charge is -2.22. The van der Waals surface area contributed by atoms with Crippen LogP contribution in [0.4, 0.5) is 5.69 Å². The molecule has 0 atom stereocenters. The molecule has 0 radical (unpaired) electrons. The molecule has 0 saturated heterocycles. The maximum Gasteiger partial charge on any atom is 0.338 e. The van der Waals surface area contributed by atoms with Crippen molar-refractivity contribution in [3.63, 3.8) is 0 Å². The fourth-order valence-corrected chi connectivity index (χ4v) is 3.38. The van der Waals surface area contributed by atoms with Crippen LogP contribution in [0.15, 0.2) is 48.5 Å². The minimum Gasteiger partial charge on any atom is -0.452 e. The highest BCUT2D eigenvalue weighted by Gasteiger charge is 2.19. The number of carbonyl (C=O) groups is 3. The summed E-state index contributed by atoms with van der Waals surface area (Å²) in [6, 6.07) is 14.5. The topological polar surface area (TPSA) is 89.7 Å². The van der Waals surface area contributed by atoms with E-state index in [9.17, 15) is 14.4 Å². The van der Waals surface area contributed by atoms with E-state index in [1.165, 1.54) is 22.4 Å². The standard InChI is InChI=1S/C22H24N2O4/c23-20(25)12-13-24(19-8-2-1-3-9-19)21(26)15-28-22(27)18-11-10-16-6-4-5-7-17(16)14-18/h1-3,8-11,14H,4-7,12-13,15H2,(H2,23,25). The maximum atomic E-state index is 12.6. The Hall–Kier alpha value is -3.15. The Morgan fingerprint density at radius 3 is 2.39 bits per heavy atom. The second kappa shape index (κ2) is 9.17. The van der Waals surface area contributed by atoms with Crippen molar-refractivity contribution in [2.24, 2.45) is 5.73 Å². The summed E-state index contributed by atoms with van der Waals surface area (Å²) in [5.74, 6) is -1.43. The van der Waals surface area contributed by atoms with Crippen molar-refractivity contribution in [2.45, 2.75) is 32.1 Å². The SMILES string of the molecule is NC(=O)CCN(C(=O)COC(=O)c1ccc2c(c1)CCCC2)c1ccccc1. The van der Waals surface area contributed by atoms with Gasteiger partial charge >= 0.3 is 5.97 Å². The first-order valence-electron chi connectivity index (χ1n) is 9.47. The third-order valence-corrected chi connectivity index (χ3v) is 4.86. The number of anilines is 1. The van der Waals surface area contributed by atoms with Gasteiger partial charge in [0.05, 0.1) is 5.56 Å². The molecule has 1 aliphatic rings. The Kier molecular flexibility index (Phi) is 6.42. The number of aryl methyl sites for hydroxylation is 2. The molecule has 146 valence electrons. The molecule has 6 nitrogen and oxygen atoms in total. The van der Waals surface area contributed by atoms with Crippen LogP contribution in [-0.4, -0.2) is 30.9 Å². The number of hydrogen-bond acceptors (Lipinski definition) is 4. The molecule has 1 aliphatic carbocycles. The molecule has 0 aliphatic heterocycles. The number of nitrogens with two attached hydrogens (primary N) is 1. The molecule has 2 aromatic carbocycles. The number of rotatable bonds is 7. The fourth-order valence-electron chi connectivity index (χ4n) is 3.38. The molecular weight excluding hydrogens is 356 g/mol. The largest absolute Gasteiger partial charge is 0.452 e. The molecular formula is C22H24N2O4. The van der Waals surface area contributed by atoms with Gasteiger partial charge in [-0.2, -0.15) is 0 Å². The van der Waals surface area contributed by atoms with Gasteiger partial charge in [-0.25, -0.2) is 4.79 Å². The van der Waals surface area contributed by atoms with E-state index < -0.39 is 24.4 Å².